The summed E-state index contributed by atoms with van der Waals surface area (Å²) in [4.78, 5) is 4.08. The maximum atomic E-state index is 9.35. The third-order valence-corrected chi connectivity index (χ3v) is 2.53. The Bertz CT molecular complexity index is 250. The van der Waals surface area contributed by atoms with E-state index >= 15 is 0 Å². The molecular weight excluding hydrogens is 170 g/mol. The molecule has 0 radical (unpaired) electrons. The van der Waals surface area contributed by atoms with Crippen molar-refractivity contribution < 1.29 is 5.11 Å². The van der Waals surface area contributed by atoms with Crippen LogP contribution in [0.25, 0.3) is 0 Å². The van der Waals surface area contributed by atoms with Gasteiger partial charge in [-0.3, -0.25) is 4.98 Å². The molecule has 0 spiro atoms. The van der Waals surface area contributed by atoms with E-state index < -0.39 is 0 Å². The molecule has 2 nitrogen and oxygen atoms in total. The molecular formula is C9H13NOS. The van der Waals surface area contributed by atoms with Gasteiger partial charge in [-0.2, -0.15) is 11.8 Å². The summed E-state index contributed by atoms with van der Waals surface area (Å²) in [5.74, 6) is 1.08. The summed E-state index contributed by atoms with van der Waals surface area (Å²) < 4.78 is 0. The predicted molar refractivity (Wildman–Crippen MR) is 52.3 cm³/mol. The van der Waals surface area contributed by atoms with Gasteiger partial charge in [0.25, 0.3) is 0 Å². The summed E-state index contributed by atoms with van der Waals surface area (Å²) in [6.45, 7) is 4.26. The molecule has 0 unspecified atom stereocenters. The molecule has 0 atom stereocenters. The second kappa shape index (κ2) is 4.36. The molecule has 0 aliphatic carbocycles. The largest absolute Gasteiger partial charge is 0.506 e. The Labute approximate surface area is 77.0 Å². The van der Waals surface area contributed by atoms with E-state index in [1.807, 2.05) is 0 Å². The summed E-state index contributed by atoms with van der Waals surface area (Å²) in [5.41, 5.74) is 0.774. The maximum Gasteiger partial charge on any atom is 0.137 e. The van der Waals surface area contributed by atoms with Crippen LogP contribution in [-0.4, -0.2) is 15.3 Å². The molecule has 1 heterocycles. The fourth-order valence-electron chi connectivity index (χ4n) is 0.786. The number of aromatic hydroxyl groups is 1. The minimum atomic E-state index is 0.297. The zero-order valence-corrected chi connectivity index (χ0v) is 8.14. The highest BCUT2D eigenvalue weighted by Crippen LogP contribution is 2.21. The predicted octanol–water partition coefficient (Wildman–Crippen LogP) is 2.43. The zero-order valence-electron chi connectivity index (χ0n) is 7.32. The molecule has 0 saturated heterocycles. The number of pyridine rings is 1. The average molecular weight is 183 g/mol. The summed E-state index contributed by atoms with van der Waals surface area (Å²) in [6, 6.07) is 3.40. The van der Waals surface area contributed by atoms with Crippen molar-refractivity contribution >= 4 is 11.8 Å². The Morgan fingerprint density at radius 2 is 2.33 bits per heavy atom. The topological polar surface area (TPSA) is 33.1 Å². The highest BCUT2D eigenvalue weighted by atomic mass is 32.2. The lowest BCUT2D eigenvalue weighted by molar-refractivity contribution is 0.467. The van der Waals surface area contributed by atoms with Gasteiger partial charge >= 0.3 is 0 Å². The van der Waals surface area contributed by atoms with E-state index in [1.165, 1.54) is 0 Å². The van der Waals surface area contributed by atoms with Crippen LogP contribution in [-0.2, 0) is 5.75 Å². The van der Waals surface area contributed by atoms with Gasteiger partial charge in [-0.15, -0.1) is 0 Å². The summed E-state index contributed by atoms with van der Waals surface area (Å²) >= 11 is 1.78. The third kappa shape index (κ3) is 2.74. The number of nitrogens with zero attached hydrogens (tertiary/aromatic N) is 1. The first-order chi connectivity index (χ1) is 5.70. The number of thioether (sulfide) groups is 1. The van der Waals surface area contributed by atoms with E-state index in [1.54, 1.807) is 30.1 Å². The highest BCUT2D eigenvalue weighted by molar-refractivity contribution is 7.99. The van der Waals surface area contributed by atoms with Crippen molar-refractivity contribution in [2.75, 3.05) is 0 Å². The molecule has 0 aliphatic heterocycles. The van der Waals surface area contributed by atoms with E-state index in [2.05, 4.69) is 18.8 Å². The van der Waals surface area contributed by atoms with E-state index in [4.69, 9.17) is 0 Å². The van der Waals surface area contributed by atoms with Crippen LogP contribution in [0.4, 0.5) is 0 Å². The van der Waals surface area contributed by atoms with Gasteiger partial charge in [0.15, 0.2) is 0 Å². The molecule has 0 aromatic carbocycles. The minimum absolute atomic E-state index is 0.297. The molecule has 0 fully saturated rings. The lowest BCUT2D eigenvalue weighted by Gasteiger charge is -2.04. The fraction of sp³-hybridized carbons (Fsp3) is 0.444. The van der Waals surface area contributed by atoms with E-state index in [-0.39, 0.29) is 0 Å². The Hall–Kier alpha value is -0.700. The van der Waals surface area contributed by atoms with Crippen LogP contribution in [0.2, 0.25) is 0 Å². The summed E-state index contributed by atoms with van der Waals surface area (Å²) in [6.07, 6.45) is 1.70. The number of aromatic nitrogens is 1. The number of hydrogen-bond donors (Lipinski definition) is 1. The van der Waals surface area contributed by atoms with Crippen molar-refractivity contribution in [2.24, 2.45) is 0 Å². The normalized spacial score (nSPS) is 10.6. The lowest BCUT2D eigenvalue weighted by Crippen LogP contribution is -1.91. The molecule has 12 heavy (non-hydrogen) atoms. The quantitative estimate of drug-likeness (QED) is 0.781. The van der Waals surface area contributed by atoms with Gasteiger partial charge in [0.05, 0.1) is 5.69 Å². The van der Waals surface area contributed by atoms with Crippen LogP contribution in [0.1, 0.15) is 19.5 Å². The van der Waals surface area contributed by atoms with E-state index in [0.717, 1.165) is 11.4 Å². The molecule has 0 bridgehead atoms. The van der Waals surface area contributed by atoms with Crippen LogP contribution in [0.3, 0.4) is 0 Å². The standard InChI is InChI=1S/C9H13NOS/c1-7(2)12-6-8-9(11)4-3-5-10-8/h3-5,7,11H,6H2,1-2H3. The van der Waals surface area contributed by atoms with Crippen LogP contribution in [0, 0.1) is 0 Å². The molecule has 0 saturated carbocycles. The third-order valence-electron chi connectivity index (χ3n) is 1.42. The minimum Gasteiger partial charge on any atom is -0.506 e. The first kappa shape index (κ1) is 9.39. The SMILES string of the molecule is CC(C)SCc1ncccc1O. The maximum absolute atomic E-state index is 9.35. The molecule has 1 N–H and O–H groups in total. The van der Waals surface area contributed by atoms with Crippen LogP contribution < -0.4 is 0 Å². The summed E-state index contributed by atoms with van der Waals surface area (Å²) in [7, 11) is 0. The van der Waals surface area contributed by atoms with Crippen molar-refractivity contribution in [3.63, 3.8) is 0 Å². The molecule has 3 heteroatoms. The van der Waals surface area contributed by atoms with Crippen molar-refractivity contribution in [2.45, 2.75) is 24.9 Å². The monoisotopic (exact) mass is 183 g/mol. The fourth-order valence-corrected chi connectivity index (χ4v) is 1.50. The first-order valence-electron chi connectivity index (χ1n) is 3.94. The first-order valence-corrected chi connectivity index (χ1v) is 4.99. The highest BCUT2D eigenvalue weighted by Gasteiger charge is 2.02. The van der Waals surface area contributed by atoms with Crippen molar-refractivity contribution in [1.82, 2.24) is 4.98 Å². The van der Waals surface area contributed by atoms with E-state index in [0.29, 0.717) is 11.0 Å². The second-order valence-electron chi connectivity index (χ2n) is 2.83. The van der Waals surface area contributed by atoms with Gasteiger partial charge in [0.2, 0.25) is 0 Å². The number of hydrogen-bond acceptors (Lipinski definition) is 3. The molecule has 1 rings (SSSR count). The lowest BCUT2D eigenvalue weighted by atomic mass is 10.3. The molecule has 0 amide bonds. The van der Waals surface area contributed by atoms with Crippen molar-refractivity contribution in [3.05, 3.63) is 24.0 Å². The van der Waals surface area contributed by atoms with Crippen LogP contribution >= 0.6 is 11.8 Å². The van der Waals surface area contributed by atoms with Crippen molar-refractivity contribution in [1.29, 1.82) is 0 Å². The smallest absolute Gasteiger partial charge is 0.137 e. The molecule has 66 valence electrons. The molecule has 0 aliphatic rings. The van der Waals surface area contributed by atoms with Gasteiger partial charge in [0.1, 0.15) is 5.75 Å². The Morgan fingerprint density at radius 3 is 2.92 bits per heavy atom. The number of rotatable bonds is 3. The van der Waals surface area contributed by atoms with Crippen LogP contribution in [0.15, 0.2) is 18.3 Å². The second-order valence-corrected chi connectivity index (χ2v) is 4.39. The van der Waals surface area contributed by atoms with Gasteiger partial charge in [0, 0.05) is 11.9 Å². The average Bonchev–Trinajstić information content (AvgIpc) is 2.03. The van der Waals surface area contributed by atoms with Gasteiger partial charge in [-0.25, -0.2) is 0 Å². The zero-order chi connectivity index (χ0) is 8.97. The Balaban J connectivity index is 2.57. The Kier molecular flexibility index (Phi) is 3.41. The van der Waals surface area contributed by atoms with Crippen LogP contribution in [0.5, 0.6) is 5.75 Å². The van der Waals surface area contributed by atoms with Crippen molar-refractivity contribution in [3.8, 4) is 5.75 Å². The van der Waals surface area contributed by atoms with E-state index in [9.17, 15) is 5.11 Å². The molecule has 1 aromatic rings. The van der Waals surface area contributed by atoms with Gasteiger partial charge in [-0.1, -0.05) is 13.8 Å². The Morgan fingerprint density at radius 1 is 1.58 bits per heavy atom. The summed E-state index contributed by atoms with van der Waals surface area (Å²) in [5, 5.41) is 9.92. The molecule has 1 aromatic heterocycles. The van der Waals surface area contributed by atoms with Gasteiger partial charge in [-0.05, 0) is 17.4 Å². The van der Waals surface area contributed by atoms with Gasteiger partial charge < -0.3 is 5.11 Å².